The third-order valence-corrected chi connectivity index (χ3v) is 10.7. The van der Waals surface area contributed by atoms with Crippen molar-refractivity contribution in [2.75, 3.05) is 6.16 Å². The molecule has 0 aliphatic rings. The number of hydrogen-bond acceptors (Lipinski definition) is 0. The number of benzene rings is 2. The van der Waals surface area contributed by atoms with Crippen LogP contribution in [-0.4, -0.2) is 6.16 Å². The highest BCUT2D eigenvalue weighted by atomic mass is 31.1. The van der Waals surface area contributed by atoms with E-state index in [2.05, 4.69) is 133 Å². The second kappa shape index (κ2) is 11.9. The van der Waals surface area contributed by atoms with Crippen molar-refractivity contribution in [3.05, 3.63) is 58.7 Å². The smallest absolute Gasteiger partial charge is 0.0125 e. The van der Waals surface area contributed by atoms with E-state index in [-0.39, 0.29) is 21.7 Å². The molecule has 37 heavy (non-hydrogen) atoms. The molecule has 2 aromatic rings. The summed E-state index contributed by atoms with van der Waals surface area (Å²) in [5, 5.41) is 3.22. The van der Waals surface area contributed by atoms with E-state index >= 15 is 0 Å². The van der Waals surface area contributed by atoms with Crippen LogP contribution >= 0.6 is 7.92 Å². The summed E-state index contributed by atoms with van der Waals surface area (Å²) in [5.74, 6) is 0.774. The Kier molecular flexibility index (Phi) is 10.4. The third kappa shape index (κ3) is 8.43. The van der Waals surface area contributed by atoms with Crippen LogP contribution in [0.4, 0.5) is 0 Å². The van der Waals surface area contributed by atoms with E-state index in [1.54, 1.807) is 21.7 Å². The molecule has 2 rings (SSSR count). The molecule has 1 atom stereocenters. The van der Waals surface area contributed by atoms with Crippen LogP contribution in [0, 0.1) is 5.92 Å². The summed E-state index contributed by atoms with van der Waals surface area (Å²) in [6.45, 7) is 33.3. The van der Waals surface area contributed by atoms with Crippen LogP contribution in [0.2, 0.25) is 0 Å². The molecule has 0 spiro atoms. The van der Waals surface area contributed by atoms with Crippen molar-refractivity contribution in [1.29, 1.82) is 0 Å². The van der Waals surface area contributed by atoms with E-state index in [4.69, 9.17) is 0 Å². The van der Waals surface area contributed by atoms with Crippen molar-refractivity contribution >= 4 is 18.5 Å². The highest BCUT2D eigenvalue weighted by molar-refractivity contribution is 7.73. The Balaban J connectivity index is 2.89. The molecule has 0 aliphatic heterocycles. The second-order valence-corrected chi connectivity index (χ2v) is 17.7. The van der Waals surface area contributed by atoms with E-state index in [9.17, 15) is 0 Å². The SMILES string of the molecule is CCCCC(CC)CP(c1ccc(C(C)(C)C)cc1C(C)(C)C)c1ccc(C(C)(C)C)cc1C(C)(C)C. The largest absolute Gasteiger partial charge is 0.0654 e. The van der Waals surface area contributed by atoms with Crippen molar-refractivity contribution in [2.24, 2.45) is 5.92 Å². The van der Waals surface area contributed by atoms with Gasteiger partial charge in [0, 0.05) is 0 Å². The molecular formula is C36H59P. The summed E-state index contributed by atoms with van der Waals surface area (Å²) in [6, 6.07) is 15.0. The number of unbranched alkanes of at least 4 members (excludes halogenated alkanes) is 1. The summed E-state index contributed by atoms with van der Waals surface area (Å²) in [5.41, 5.74) is 6.53. The van der Waals surface area contributed by atoms with Crippen molar-refractivity contribution in [3.8, 4) is 0 Å². The Labute approximate surface area is 233 Å². The predicted octanol–water partition coefficient (Wildman–Crippen LogP) is 10.5. The van der Waals surface area contributed by atoms with Crippen molar-refractivity contribution in [1.82, 2.24) is 0 Å². The summed E-state index contributed by atoms with van der Waals surface area (Å²) in [4.78, 5) is 0. The molecule has 0 fully saturated rings. The molecule has 0 amide bonds. The Bertz CT molecular complexity index is 939. The Morgan fingerprint density at radius 2 is 1.00 bits per heavy atom. The van der Waals surface area contributed by atoms with Crippen LogP contribution in [0.3, 0.4) is 0 Å². The van der Waals surface area contributed by atoms with Gasteiger partial charge in [0.05, 0.1) is 0 Å². The van der Waals surface area contributed by atoms with Gasteiger partial charge in [-0.25, -0.2) is 0 Å². The van der Waals surface area contributed by atoms with Gasteiger partial charge in [0.15, 0.2) is 0 Å². The van der Waals surface area contributed by atoms with Gasteiger partial charge in [-0.1, -0.05) is 159 Å². The van der Waals surface area contributed by atoms with Crippen molar-refractivity contribution in [2.45, 2.75) is 144 Å². The first-order valence-electron chi connectivity index (χ1n) is 14.9. The maximum atomic E-state index is 2.55. The van der Waals surface area contributed by atoms with Gasteiger partial charge in [-0.05, 0) is 74.5 Å². The predicted molar refractivity (Wildman–Crippen MR) is 172 cm³/mol. The molecule has 208 valence electrons. The molecule has 0 aliphatic carbocycles. The fourth-order valence-electron chi connectivity index (χ4n) is 5.18. The zero-order chi connectivity index (χ0) is 28.4. The molecule has 1 unspecified atom stereocenters. The van der Waals surface area contributed by atoms with E-state index in [0.717, 1.165) is 5.92 Å². The van der Waals surface area contributed by atoms with Gasteiger partial charge in [0.2, 0.25) is 0 Å². The molecule has 0 saturated carbocycles. The maximum Gasteiger partial charge on any atom is -0.0125 e. The van der Waals surface area contributed by atoms with Gasteiger partial charge in [-0.3, -0.25) is 0 Å². The Morgan fingerprint density at radius 1 is 0.595 bits per heavy atom. The number of rotatable bonds is 8. The lowest BCUT2D eigenvalue weighted by molar-refractivity contribution is 0.498. The van der Waals surface area contributed by atoms with E-state index in [1.807, 2.05) is 0 Å². The fourth-order valence-corrected chi connectivity index (χ4v) is 8.68. The van der Waals surface area contributed by atoms with Gasteiger partial charge in [0.1, 0.15) is 0 Å². The molecule has 0 aromatic heterocycles. The average Bonchev–Trinajstić information content (AvgIpc) is 2.76. The van der Waals surface area contributed by atoms with Gasteiger partial charge in [-0.15, -0.1) is 0 Å². The molecule has 0 saturated heterocycles. The second-order valence-electron chi connectivity index (χ2n) is 15.5. The van der Waals surface area contributed by atoms with Crippen LogP contribution in [0.25, 0.3) is 0 Å². The quantitative estimate of drug-likeness (QED) is 0.302. The fraction of sp³-hybridized carbons (Fsp3) is 0.667. The summed E-state index contributed by atoms with van der Waals surface area (Å²) < 4.78 is 0. The van der Waals surface area contributed by atoms with Crippen LogP contribution in [0.5, 0.6) is 0 Å². The molecule has 0 bridgehead atoms. The minimum atomic E-state index is -0.479. The lowest BCUT2D eigenvalue weighted by Gasteiger charge is -2.35. The Morgan fingerprint density at radius 3 is 1.30 bits per heavy atom. The summed E-state index contributed by atoms with van der Waals surface area (Å²) >= 11 is 0. The average molecular weight is 523 g/mol. The van der Waals surface area contributed by atoms with Crippen LogP contribution in [0.15, 0.2) is 36.4 Å². The van der Waals surface area contributed by atoms with Crippen LogP contribution in [0.1, 0.15) is 145 Å². The standard InChI is InChI=1S/C36H59P/c1-15-17-18-26(16-2)25-37(31-21-19-27(33(3,4)5)23-29(31)35(9,10)11)32-22-20-28(34(6,7)8)24-30(32)36(12,13)14/h19-24,26H,15-18,25H2,1-14H3. The zero-order valence-electron chi connectivity index (χ0n) is 27.0. The first kappa shape index (κ1) is 32.1. The summed E-state index contributed by atoms with van der Waals surface area (Å²) in [7, 11) is -0.479. The topological polar surface area (TPSA) is 0 Å². The van der Waals surface area contributed by atoms with Gasteiger partial charge >= 0.3 is 0 Å². The monoisotopic (exact) mass is 522 g/mol. The molecule has 2 aromatic carbocycles. The maximum absolute atomic E-state index is 2.55. The molecule has 0 nitrogen and oxygen atoms in total. The molecule has 1 heteroatoms. The van der Waals surface area contributed by atoms with Crippen molar-refractivity contribution in [3.63, 3.8) is 0 Å². The minimum Gasteiger partial charge on any atom is -0.0654 e. The number of hydrogen-bond donors (Lipinski definition) is 0. The lowest BCUT2D eigenvalue weighted by Crippen LogP contribution is -2.32. The van der Waals surface area contributed by atoms with Gasteiger partial charge in [-0.2, -0.15) is 0 Å². The first-order valence-corrected chi connectivity index (χ1v) is 16.4. The normalized spacial score (nSPS) is 14.4. The van der Waals surface area contributed by atoms with Gasteiger partial charge < -0.3 is 0 Å². The molecule has 0 radical (unpaired) electrons. The van der Waals surface area contributed by atoms with E-state index < -0.39 is 7.92 Å². The van der Waals surface area contributed by atoms with Crippen LogP contribution < -0.4 is 10.6 Å². The highest BCUT2D eigenvalue weighted by Gasteiger charge is 2.31. The summed E-state index contributed by atoms with van der Waals surface area (Å²) in [6.07, 6.45) is 6.54. The van der Waals surface area contributed by atoms with Crippen molar-refractivity contribution < 1.29 is 0 Å². The van der Waals surface area contributed by atoms with Crippen LogP contribution in [-0.2, 0) is 21.7 Å². The molecular weight excluding hydrogens is 463 g/mol. The minimum absolute atomic E-state index is 0.107. The van der Waals surface area contributed by atoms with E-state index in [0.29, 0.717) is 0 Å². The van der Waals surface area contributed by atoms with Gasteiger partial charge in [0.25, 0.3) is 0 Å². The first-order chi connectivity index (χ1) is 16.8. The van der Waals surface area contributed by atoms with E-state index in [1.165, 1.54) is 43.0 Å². The highest BCUT2D eigenvalue weighted by Crippen LogP contribution is 2.45. The zero-order valence-corrected chi connectivity index (χ0v) is 27.9. The Hall–Kier alpha value is -1.13. The third-order valence-electron chi connectivity index (χ3n) is 7.91. The molecule has 0 N–H and O–H groups in total. The lowest BCUT2D eigenvalue weighted by atomic mass is 9.80. The molecule has 0 heterocycles.